The van der Waals surface area contributed by atoms with Gasteiger partial charge in [0.25, 0.3) is 5.91 Å². The number of hydrogen-bond acceptors (Lipinski definition) is 4. The summed E-state index contributed by atoms with van der Waals surface area (Å²) in [5.74, 6) is -0.613. The lowest BCUT2D eigenvalue weighted by Crippen LogP contribution is -2.50. The molecule has 222 valence electrons. The zero-order valence-electron chi connectivity index (χ0n) is 24.0. The molecule has 1 saturated carbocycles. The minimum atomic E-state index is -4.85. The highest BCUT2D eigenvalue weighted by molar-refractivity contribution is 5.94. The molecular weight excluding hydrogens is 531 g/mol. The third-order valence-corrected chi connectivity index (χ3v) is 8.92. The molecule has 0 bridgehead atoms. The predicted octanol–water partition coefficient (Wildman–Crippen LogP) is 6.14. The van der Waals surface area contributed by atoms with Crippen molar-refractivity contribution in [3.8, 4) is 16.9 Å². The van der Waals surface area contributed by atoms with Gasteiger partial charge in [0, 0.05) is 56.3 Å². The van der Waals surface area contributed by atoms with Crippen molar-refractivity contribution in [2.75, 3.05) is 32.7 Å². The molecule has 2 saturated heterocycles. The topological polar surface area (TPSA) is 53.1 Å². The van der Waals surface area contributed by atoms with E-state index in [9.17, 15) is 22.8 Å². The molecule has 5 rings (SSSR count). The van der Waals surface area contributed by atoms with Gasteiger partial charge in [-0.2, -0.15) is 0 Å². The largest absolute Gasteiger partial charge is 0.573 e. The summed E-state index contributed by atoms with van der Waals surface area (Å²) in [6.45, 7) is 7.96. The van der Waals surface area contributed by atoms with Crippen LogP contribution in [0.2, 0.25) is 0 Å². The van der Waals surface area contributed by atoms with Crippen molar-refractivity contribution >= 4 is 11.8 Å². The first kappa shape index (κ1) is 29.4. The van der Waals surface area contributed by atoms with E-state index < -0.39 is 6.36 Å². The third-order valence-electron chi connectivity index (χ3n) is 8.92. The van der Waals surface area contributed by atoms with Gasteiger partial charge in [0.15, 0.2) is 0 Å². The molecule has 3 aliphatic rings. The first-order valence-electron chi connectivity index (χ1n) is 14.9. The van der Waals surface area contributed by atoms with Crippen LogP contribution in [0.15, 0.2) is 42.5 Å². The molecule has 0 spiro atoms. The van der Waals surface area contributed by atoms with E-state index in [-0.39, 0.29) is 35.9 Å². The number of carbonyl (C=O) groups excluding carboxylic acids is 2. The molecule has 1 aliphatic carbocycles. The number of alkyl halides is 3. The van der Waals surface area contributed by atoms with Gasteiger partial charge in [0.1, 0.15) is 5.75 Å². The number of likely N-dealkylation sites (tertiary alicyclic amines) is 1. The van der Waals surface area contributed by atoms with E-state index in [4.69, 9.17) is 0 Å². The van der Waals surface area contributed by atoms with Gasteiger partial charge in [0.2, 0.25) is 5.91 Å². The molecule has 1 unspecified atom stereocenters. The Hall–Kier alpha value is -3.07. The van der Waals surface area contributed by atoms with Crippen LogP contribution >= 0.6 is 0 Å². The summed E-state index contributed by atoms with van der Waals surface area (Å²) in [7, 11) is 0. The lowest BCUT2D eigenvalue weighted by molar-refractivity contribution is -0.274. The predicted molar refractivity (Wildman–Crippen MR) is 152 cm³/mol. The van der Waals surface area contributed by atoms with Crippen LogP contribution in [-0.4, -0.2) is 77.7 Å². The van der Waals surface area contributed by atoms with Gasteiger partial charge >= 0.3 is 6.36 Å². The van der Waals surface area contributed by atoms with E-state index in [0.717, 1.165) is 38.8 Å². The average Bonchev–Trinajstić information content (AvgIpc) is 3.33. The van der Waals surface area contributed by atoms with E-state index in [0.29, 0.717) is 54.4 Å². The smallest absolute Gasteiger partial charge is 0.405 e. The standard InChI is InChI=1S/C32H40F3N3O3/c1-22(2)36-16-18-37(19-17-36)30(39)24-10-8-23(9-11-24)25-12-13-26(29(21-25)41-32(33,34)35)20-27-14-15-38(31(27)40)28-6-4-3-5-7-28/h8-13,21-22,27-28H,3-7,14-20H2,1-2H3. The Labute approximate surface area is 240 Å². The number of ether oxygens (including phenoxy) is 1. The molecule has 2 aromatic carbocycles. The number of nitrogens with zero attached hydrogens (tertiary/aromatic N) is 3. The highest BCUT2D eigenvalue weighted by atomic mass is 19.4. The first-order valence-corrected chi connectivity index (χ1v) is 14.9. The maximum atomic E-state index is 13.4. The van der Waals surface area contributed by atoms with Crippen LogP contribution in [0.1, 0.15) is 68.3 Å². The van der Waals surface area contributed by atoms with Crippen LogP contribution in [0.3, 0.4) is 0 Å². The summed E-state index contributed by atoms with van der Waals surface area (Å²) in [4.78, 5) is 32.3. The van der Waals surface area contributed by atoms with Crippen LogP contribution < -0.4 is 4.74 Å². The molecule has 1 atom stereocenters. The highest BCUT2D eigenvalue weighted by Gasteiger charge is 2.38. The Kier molecular flexibility index (Phi) is 8.92. The molecule has 0 aromatic heterocycles. The minimum absolute atomic E-state index is 0.0418. The fourth-order valence-electron chi connectivity index (χ4n) is 6.52. The SMILES string of the molecule is CC(C)N1CCN(C(=O)c2ccc(-c3ccc(CC4CCN(C5CCCCC5)C4=O)c(OC(F)(F)F)c3)cc2)CC1. The summed E-state index contributed by atoms with van der Waals surface area (Å²) < 4.78 is 44.6. The molecule has 2 heterocycles. The molecule has 9 heteroatoms. The minimum Gasteiger partial charge on any atom is -0.405 e. The fourth-order valence-corrected chi connectivity index (χ4v) is 6.52. The maximum absolute atomic E-state index is 13.4. The molecule has 6 nitrogen and oxygen atoms in total. The van der Waals surface area contributed by atoms with Gasteiger partial charge < -0.3 is 14.5 Å². The molecule has 2 aromatic rings. The van der Waals surface area contributed by atoms with E-state index in [1.54, 1.807) is 36.4 Å². The van der Waals surface area contributed by atoms with E-state index in [1.807, 2.05) is 9.80 Å². The van der Waals surface area contributed by atoms with Gasteiger partial charge in [-0.05, 0) is 74.4 Å². The Bertz CT molecular complexity index is 1220. The van der Waals surface area contributed by atoms with Crippen molar-refractivity contribution in [3.05, 3.63) is 53.6 Å². The summed E-state index contributed by atoms with van der Waals surface area (Å²) in [6.07, 6.45) is 1.46. The molecule has 2 aliphatic heterocycles. The Morgan fingerprint density at radius 2 is 1.56 bits per heavy atom. The lowest BCUT2D eigenvalue weighted by Gasteiger charge is -2.37. The summed E-state index contributed by atoms with van der Waals surface area (Å²) in [5.41, 5.74) is 2.17. The van der Waals surface area contributed by atoms with Gasteiger partial charge in [-0.25, -0.2) is 0 Å². The number of hydrogen-bond donors (Lipinski definition) is 0. The second-order valence-electron chi connectivity index (χ2n) is 11.9. The average molecular weight is 572 g/mol. The number of halogens is 3. The second-order valence-corrected chi connectivity index (χ2v) is 11.9. The van der Waals surface area contributed by atoms with Gasteiger partial charge in [-0.1, -0.05) is 43.5 Å². The zero-order chi connectivity index (χ0) is 29.1. The molecule has 0 N–H and O–H groups in total. The van der Waals surface area contributed by atoms with Crippen molar-refractivity contribution in [2.45, 2.75) is 77.2 Å². The zero-order valence-corrected chi connectivity index (χ0v) is 24.0. The quantitative estimate of drug-likeness (QED) is 0.401. The summed E-state index contributed by atoms with van der Waals surface area (Å²) >= 11 is 0. The van der Waals surface area contributed by atoms with Crippen LogP contribution in [-0.2, 0) is 11.2 Å². The second kappa shape index (κ2) is 12.4. The van der Waals surface area contributed by atoms with E-state index in [1.165, 1.54) is 12.5 Å². The van der Waals surface area contributed by atoms with Gasteiger partial charge in [-0.15, -0.1) is 13.2 Å². The highest BCUT2D eigenvalue weighted by Crippen LogP contribution is 2.36. The van der Waals surface area contributed by atoms with Crippen molar-refractivity contribution in [1.82, 2.24) is 14.7 Å². The molecule has 0 radical (unpaired) electrons. The van der Waals surface area contributed by atoms with Crippen LogP contribution in [0, 0.1) is 5.92 Å². The first-order chi connectivity index (χ1) is 19.6. The van der Waals surface area contributed by atoms with Crippen LogP contribution in [0.5, 0.6) is 5.75 Å². The van der Waals surface area contributed by atoms with E-state index in [2.05, 4.69) is 23.5 Å². The van der Waals surface area contributed by atoms with Crippen molar-refractivity contribution in [1.29, 1.82) is 0 Å². The van der Waals surface area contributed by atoms with Gasteiger partial charge in [-0.3, -0.25) is 14.5 Å². The van der Waals surface area contributed by atoms with E-state index >= 15 is 0 Å². The molecule has 2 amide bonds. The fraction of sp³-hybridized carbons (Fsp3) is 0.562. The Morgan fingerprint density at radius 3 is 2.20 bits per heavy atom. The van der Waals surface area contributed by atoms with Crippen molar-refractivity contribution in [3.63, 3.8) is 0 Å². The van der Waals surface area contributed by atoms with Crippen molar-refractivity contribution < 1.29 is 27.5 Å². The maximum Gasteiger partial charge on any atom is 0.573 e. The number of amides is 2. The van der Waals surface area contributed by atoms with Crippen molar-refractivity contribution in [2.24, 2.45) is 5.92 Å². The lowest BCUT2D eigenvalue weighted by atomic mass is 9.93. The van der Waals surface area contributed by atoms with Crippen LogP contribution in [0.4, 0.5) is 13.2 Å². The molecular formula is C32H40F3N3O3. The normalized spacial score (nSPS) is 21.1. The Morgan fingerprint density at radius 1 is 0.902 bits per heavy atom. The van der Waals surface area contributed by atoms with Crippen LogP contribution in [0.25, 0.3) is 11.1 Å². The van der Waals surface area contributed by atoms with Gasteiger partial charge in [0.05, 0.1) is 0 Å². The molecule has 41 heavy (non-hydrogen) atoms. The number of benzene rings is 2. The number of carbonyl (C=O) groups is 2. The third kappa shape index (κ3) is 7.05. The Balaban J connectivity index is 1.29. The number of rotatable bonds is 7. The monoisotopic (exact) mass is 571 g/mol. The number of piperazine rings is 1. The molecule has 3 fully saturated rings. The summed E-state index contributed by atoms with van der Waals surface area (Å²) in [5, 5.41) is 0. The summed E-state index contributed by atoms with van der Waals surface area (Å²) in [6, 6.07) is 12.5.